The van der Waals surface area contributed by atoms with Gasteiger partial charge in [-0.15, -0.1) is 11.3 Å². The number of nitrogens with one attached hydrogen (secondary N) is 1. The number of rotatable bonds is 5. The van der Waals surface area contributed by atoms with Crippen molar-refractivity contribution < 1.29 is 4.74 Å². The molecule has 1 unspecified atom stereocenters. The van der Waals surface area contributed by atoms with Crippen molar-refractivity contribution >= 4 is 65.0 Å². The summed E-state index contributed by atoms with van der Waals surface area (Å²) in [5.41, 5.74) is 13.2. The van der Waals surface area contributed by atoms with Gasteiger partial charge in [0.15, 0.2) is 12.0 Å². The number of benzene rings is 8. The van der Waals surface area contributed by atoms with Gasteiger partial charge in [-0.05, 0) is 87.3 Å². The number of nitrogens with zero attached hydrogens (tertiary/aromatic N) is 1. The number of fused-ring (bicyclic) bond motifs is 9. The second-order valence-corrected chi connectivity index (χ2v) is 16.0. The van der Waals surface area contributed by atoms with E-state index in [1.807, 2.05) is 17.4 Å². The highest BCUT2D eigenvalue weighted by Gasteiger charge is 2.35. The van der Waals surface area contributed by atoms with Crippen molar-refractivity contribution in [2.45, 2.75) is 25.5 Å². The van der Waals surface area contributed by atoms with Crippen molar-refractivity contribution in [1.82, 2.24) is 0 Å². The minimum absolute atomic E-state index is 0.0497. The van der Waals surface area contributed by atoms with Crippen LogP contribution in [0.25, 0.3) is 53.2 Å². The lowest BCUT2D eigenvalue weighted by molar-refractivity contribution is 0.262. The zero-order valence-electron chi connectivity index (χ0n) is 30.0. The summed E-state index contributed by atoms with van der Waals surface area (Å²) in [4.78, 5) is 2.42. The Hall–Kier alpha value is -6.36. The number of hydrogen-bond donors (Lipinski definition) is 1. The van der Waals surface area contributed by atoms with Crippen molar-refractivity contribution in [1.29, 1.82) is 0 Å². The van der Waals surface area contributed by atoms with Gasteiger partial charge in [-0.25, -0.2) is 0 Å². The highest BCUT2D eigenvalue weighted by atomic mass is 32.1. The summed E-state index contributed by atoms with van der Waals surface area (Å²) in [5, 5.41) is 8.50. The SMILES string of the molecule is CC1(C)c2ccccc2-c2cc(N(c3ccc(-c4cccc5ccc6c(c45)OC(c4ccccc4)N6)cc3)c3ccc4c(c3)sc3ccccc34)ccc21. The topological polar surface area (TPSA) is 24.5 Å². The minimum Gasteiger partial charge on any atom is -0.464 e. The maximum atomic E-state index is 6.66. The Morgan fingerprint density at radius 1 is 0.556 bits per heavy atom. The third-order valence-electron chi connectivity index (χ3n) is 11.5. The fourth-order valence-electron chi connectivity index (χ4n) is 8.83. The van der Waals surface area contributed by atoms with Crippen molar-refractivity contribution in [2.24, 2.45) is 0 Å². The monoisotopic (exact) mass is 712 g/mol. The molecule has 1 aliphatic heterocycles. The molecule has 2 heterocycles. The average Bonchev–Trinajstić information content (AvgIpc) is 3.89. The Kier molecular flexibility index (Phi) is 6.83. The molecule has 1 N–H and O–H groups in total. The van der Waals surface area contributed by atoms with E-state index in [9.17, 15) is 0 Å². The van der Waals surface area contributed by atoms with E-state index in [1.165, 1.54) is 42.4 Å². The molecule has 0 saturated heterocycles. The van der Waals surface area contributed by atoms with Gasteiger partial charge >= 0.3 is 0 Å². The maximum absolute atomic E-state index is 6.66. The third-order valence-corrected chi connectivity index (χ3v) is 12.6. The molecule has 1 atom stereocenters. The van der Waals surface area contributed by atoms with Gasteiger partial charge in [0.2, 0.25) is 0 Å². The van der Waals surface area contributed by atoms with Crippen molar-refractivity contribution in [2.75, 3.05) is 10.2 Å². The van der Waals surface area contributed by atoms with Gasteiger partial charge in [0.05, 0.1) is 5.69 Å². The standard InChI is InChI=1S/C50H36N2OS/c1-50(2)42-17-8-6-14-38(42)41-29-35(25-27-43(41)50)52(36-24-26-40-39-15-7-9-18-45(39)54-46(40)30-36)34-22-19-31(20-23-34)37-16-10-13-32-21-28-44-48(47(32)37)53-49(51-44)33-11-4-3-5-12-33/h3-30,49,51H,1-2H3. The van der Waals surface area contributed by atoms with Crippen LogP contribution < -0.4 is 15.0 Å². The molecule has 1 aromatic heterocycles. The van der Waals surface area contributed by atoms with E-state index in [0.29, 0.717) is 0 Å². The zero-order chi connectivity index (χ0) is 36.0. The third kappa shape index (κ3) is 4.73. The number of thiophene rings is 1. The molecule has 11 rings (SSSR count). The number of hydrogen-bond acceptors (Lipinski definition) is 4. The van der Waals surface area contributed by atoms with Crippen molar-refractivity contribution in [3.63, 3.8) is 0 Å². The zero-order valence-corrected chi connectivity index (χ0v) is 30.8. The fraction of sp³-hybridized carbons (Fsp3) is 0.0800. The predicted octanol–water partition coefficient (Wildman–Crippen LogP) is 14.2. The highest BCUT2D eigenvalue weighted by Crippen LogP contribution is 2.51. The summed E-state index contributed by atoms with van der Waals surface area (Å²) >= 11 is 1.86. The summed E-state index contributed by atoms with van der Waals surface area (Å²) in [7, 11) is 0. The van der Waals surface area contributed by atoms with Crippen molar-refractivity contribution in [3.8, 4) is 28.0 Å². The highest BCUT2D eigenvalue weighted by molar-refractivity contribution is 7.25. The number of anilines is 4. The van der Waals surface area contributed by atoms with E-state index in [-0.39, 0.29) is 11.6 Å². The van der Waals surface area contributed by atoms with Crippen LogP contribution in [0.5, 0.6) is 5.75 Å². The van der Waals surface area contributed by atoms with Crippen LogP contribution in [0, 0.1) is 0 Å². The van der Waals surface area contributed by atoms with Crippen LogP contribution in [0.1, 0.15) is 36.8 Å². The van der Waals surface area contributed by atoms with Crippen LogP contribution in [0.2, 0.25) is 0 Å². The van der Waals surface area contributed by atoms with E-state index in [4.69, 9.17) is 4.74 Å². The first kappa shape index (κ1) is 31.2. The normalized spacial score (nSPS) is 15.1. The predicted molar refractivity (Wildman–Crippen MR) is 228 cm³/mol. The van der Waals surface area contributed by atoms with Gasteiger partial charge < -0.3 is 15.0 Å². The Balaban J connectivity index is 1.04. The largest absolute Gasteiger partial charge is 0.464 e. The van der Waals surface area contributed by atoms with E-state index in [0.717, 1.165) is 56.0 Å². The van der Waals surface area contributed by atoms with Gasteiger partial charge in [0, 0.05) is 53.6 Å². The van der Waals surface area contributed by atoms with Gasteiger partial charge in [-0.3, -0.25) is 0 Å². The Bertz CT molecular complexity index is 2930. The second kappa shape index (κ2) is 11.8. The lowest BCUT2D eigenvalue weighted by Crippen LogP contribution is -2.15. The van der Waals surface area contributed by atoms with Gasteiger partial charge in [-0.1, -0.05) is 135 Å². The molecular weight excluding hydrogens is 677 g/mol. The van der Waals surface area contributed by atoms with E-state index in [2.05, 4.69) is 188 Å². The smallest absolute Gasteiger partial charge is 0.196 e. The Morgan fingerprint density at radius 2 is 1.26 bits per heavy atom. The van der Waals surface area contributed by atoms with E-state index < -0.39 is 0 Å². The molecule has 2 aliphatic rings. The average molecular weight is 713 g/mol. The van der Waals surface area contributed by atoms with Crippen molar-refractivity contribution in [3.05, 3.63) is 187 Å². The van der Waals surface area contributed by atoms with Crippen LogP contribution in [0.15, 0.2) is 170 Å². The maximum Gasteiger partial charge on any atom is 0.196 e. The molecule has 8 aromatic carbocycles. The summed E-state index contributed by atoms with van der Waals surface area (Å²) in [6, 6.07) is 61.9. The van der Waals surface area contributed by atoms with Crippen LogP contribution in [-0.2, 0) is 5.41 Å². The summed E-state index contributed by atoms with van der Waals surface area (Å²) < 4.78 is 9.26. The molecule has 0 radical (unpaired) electrons. The van der Waals surface area contributed by atoms with E-state index >= 15 is 0 Å². The van der Waals surface area contributed by atoms with Crippen LogP contribution in [0.3, 0.4) is 0 Å². The molecule has 9 aromatic rings. The molecule has 54 heavy (non-hydrogen) atoms. The minimum atomic E-state index is -0.223. The summed E-state index contributed by atoms with van der Waals surface area (Å²) in [6.07, 6.45) is -0.223. The van der Waals surface area contributed by atoms with Crippen LogP contribution in [-0.4, -0.2) is 0 Å². The number of ether oxygens (including phenoxy) is 1. The first-order valence-electron chi connectivity index (χ1n) is 18.6. The molecule has 0 saturated carbocycles. The molecule has 0 spiro atoms. The Labute approximate surface area is 318 Å². The van der Waals surface area contributed by atoms with E-state index in [1.54, 1.807) is 0 Å². The van der Waals surface area contributed by atoms with Gasteiger partial charge in [0.1, 0.15) is 0 Å². The molecule has 0 amide bonds. The lowest BCUT2D eigenvalue weighted by atomic mass is 9.82. The molecular formula is C50H36N2OS. The summed E-state index contributed by atoms with van der Waals surface area (Å²) in [5.74, 6) is 0.903. The molecule has 0 bridgehead atoms. The second-order valence-electron chi connectivity index (χ2n) is 15.0. The lowest BCUT2D eigenvalue weighted by Gasteiger charge is -2.27. The summed E-state index contributed by atoms with van der Waals surface area (Å²) in [6.45, 7) is 4.68. The van der Waals surface area contributed by atoms with Gasteiger partial charge in [-0.2, -0.15) is 0 Å². The molecule has 3 nitrogen and oxygen atoms in total. The van der Waals surface area contributed by atoms with Crippen LogP contribution in [0.4, 0.5) is 22.7 Å². The molecule has 0 fully saturated rings. The molecule has 258 valence electrons. The fourth-order valence-corrected chi connectivity index (χ4v) is 9.97. The molecule has 1 aliphatic carbocycles. The Morgan fingerprint density at radius 3 is 2.15 bits per heavy atom. The first-order chi connectivity index (χ1) is 26.5. The first-order valence-corrected chi connectivity index (χ1v) is 19.4. The van der Waals surface area contributed by atoms with Gasteiger partial charge in [0.25, 0.3) is 0 Å². The quantitative estimate of drug-likeness (QED) is 0.192. The van der Waals surface area contributed by atoms with Crippen LogP contribution >= 0.6 is 11.3 Å². The molecule has 4 heteroatoms.